The molecule has 0 aliphatic rings. The first-order valence-corrected chi connectivity index (χ1v) is 3.22. The molecule has 0 saturated carbocycles. The van der Waals surface area contributed by atoms with Crippen LogP contribution in [-0.4, -0.2) is 11.1 Å². The van der Waals surface area contributed by atoms with Gasteiger partial charge < -0.3 is 9.84 Å². The van der Waals surface area contributed by atoms with Crippen molar-refractivity contribution in [3.8, 4) is 0 Å². The first-order chi connectivity index (χ1) is 5.18. The molecule has 1 N–H and O–H groups in total. The van der Waals surface area contributed by atoms with Crippen molar-refractivity contribution in [2.45, 2.75) is 20.8 Å². The molecule has 0 amide bonds. The van der Waals surface area contributed by atoms with Crippen LogP contribution >= 0.6 is 0 Å². The number of rotatable bonds is 1. The number of hydrogen-bond acceptors (Lipinski definition) is 3. The number of ether oxygens (including phenoxy) is 1. The monoisotopic (exact) mass is 160 g/mol. The first kappa shape index (κ1) is 16.4. The average Bonchev–Trinajstić information content (AvgIpc) is 1.93. The molecular formula is C8H16O3. The summed E-state index contributed by atoms with van der Waals surface area (Å²) in [6, 6.07) is 0. The van der Waals surface area contributed by atoms with E-state index in [0.717, 1.165) is 12.5 Å². The van der Waals surface area contributed by atoms with Gasteiger partial charge in [-0.1, -0.05) is 27.0 Å². The van der Waals surface area contributed by atoms with Crippen molar-refractivity contribution in [2.24, 2.45) is 0 Å². The van der Waals surface area contributed by atoms with Gasteiger partial charge in [0.05, 0.1) is 12.5 Å². The summed E-state index contributed by atoms with van der Waals surface area (Å²) in [6.45, 7) is 11.4. The van der Waals surface area contributed by atoms with E-state index >= 15 is 0 Å². The summed E-state index contributed by atoms with van der Waals surface area (Å²) in [7, 11) is 0. The third-order valence-corrected chi connectivity index (χ3v) is 0.249. The van der Waals surface area contributed by atoms with Gasteiger partial charge in [0.15, 0.2) is 0 Å². The van der Waals surface area contributed by atoms with Gasteiger partial charge in [0.1, 0.15) is 0 Å². The summed E-state index contributed by atoms with van der Waals surface area (Å²) in [4.78, 5) is 9.75. The predicted octanol–water partition coefficient (Wildman–Crippen LogP) is 2.41. The molecule has 0 aromatic rings. The van der Waals surface area contributed by atoms with Crippen LogP contribution in [-0.2, 0) is 9.53 Å². The minimum atomic E-state index is -0.329. The largest absolute Gasteiger partial charge is 0.516 e. The van der Waals surface area contributed by atoms with Crippen LogP contribution in [0, 0.1) is 0 Å². The summed E-state index contributed by atoms with van der Waals surface area (Å²) in [5.74, 6) is -0.329. The van der Waals surface area contributed by atoms with Gasteiger partial charge in [0.25, 0.3) is 0 Å². The average molecular weight is 160 g/mol. The lowest BCUT2D eigenvalue weighted by atomic mass is 10.8. The maximum absolute atomic E-state index is 9.75. The van der Waals surface area contributed by atoms with Crippen molar-refractivity contribution >= 4 is 5.97 Å². The zero-order valence-electron chi connectivity index (χ0n) is 7.33. The number of hydrogen-bond donors (Lipinski definition) is 1. The van der Waals surface area contributed by atoms with E-state index in [2.05, 4.69) is 17.9 Å². The van der Waals surface area contributed by atoms with E-state index in [1.165, 1.54) is 6.92 Å². The molecule has 66 valence electrons. The molecule has 0 unspecified atom stereocenters. The van der Waals surface area contributed by atoms with E-state index in [4.69, 9.17) is 5.11 Å². The van der Waals surface area contributed by atoms with E-state index in [1.54, 1.807) is 0 Å². The van der Waals surface area contributed by atoms with Gasteiger partial charge in [-0.2, -0.15) is 0 Å². The molecule has 0 spiro atoms. The number of carbonyl (C=O) groups excluding carboxylic acids is 1. The highest BCUT2D eigenvalue weighted by Gasteiger charge is 1.79. The fourth-order valence-corrected chi connectivity index (χ4v) is 0.117. The van der Waals surface area contributed by atoms with Gasteiger partial charge in [0, 0.05) is 6.92 Å². The number of aliphatic hydroxyl groups excluding tert-OH is 1. The maximum atomic E-state index is 9.75. The first-order valence-electron chi connectivity index (χ1n) is 3.22. The Kier molecular flexibility index (Phi) is 34.7. The zero-order chi connectivity index (χ0) is 9.70. The number of aliphatic hydroxyl groups is 1. The highest BCUT2D eigenvalue weighted by molar-refractivity contribution is 5.66. The Bertz CT molecular complexity index is 97.5. The highest BCUT2D eigenvalue weighted by Crippen LogP contribution is 1.70. The van der Waals surface area contributed by atoms with Gasteiger partial charge >= 0.3 is 5.97 Å². The van der Waals surface area contributed by atoms with Crippen molar-refractivity contribution in [1.29, 1.82) is 0 Å². The SMILES string of the molecule is C=CO.C=COC(C)=O.CC. The Morgan fingerprint density at radius 2 is 1.73 bits per heavy atom. The van der Waals surface area contributed by atoms with Gasteiger partial charge in [-0.25, -0.2) is 0 Å². The van der Waals surface area contributed by atoms with Crippen molar-refractivity contribution in [3.63, 3.8) is 0 Å². The summed E-state index contributed by atoms with van der Waals surface area (Å²) >= 11 is 0. The lowest BCUT2D eigenvalue weighted by Crippen LogP contribution is -1.87. The van der Waals surface area contributed by atoms with Crippen LogP contribution in [0.1, 0.15) is 20.8 Å². The molecule has 3 nitrogen and oxygen atoms in total. The molecule has 0 bridgehead atoms. The summed E-state index contributed by atoms with van der Waals surface area (Å²) in [6.07, 6.45) is 1.85. The van der Waals surface area contributed by atoms with Crippen molar-refractivity contribution in [1.82, 2.24) is 0 Å². The van der Waals surface area contributed by atoms with Crippen LogP contribution in [0.25, 0.3) is 0 Å². The van der Waals surface area contributed by atoms with Crippen LogP contribution in [0.5, 0.6) is 0 Å². The molecule has 0 saturated heterocycles. The van der Waals surface area contributed by atoms with Crippen LogP contribution < -0.4 is 0 Å². The van der Waals surface area contributed by atoms with Gasteiger partial charge in [0.2, 0.25) is 0 Å². The standard InChI is InChI=1S/C4H6O2.C2H4O.C2H6/c1-3-6-4(2)5;1-2-3;1-2/h3H,1H2,2H3;2-3H,1H2;1-2H3. The Hall–Kier alpha value is -1.25. The van der Waals surface area contributed by atoms with E-state index in [9.17, 15) is 4.79 Å². The lowest BCUT2D eigenvalue weighted by Gasteiger charge is -1.83. The minimum Gasteiger partial charge on any atom is -0.516 e. The van der Waals surface area contributed by atoms with E-state index < -0.39 is 0 Å². The van der Waals surface area contributed by atoms with Gasteiger partial charge in [-0.15, -0.1) is 0 Å². The minimum absolute atomic E-state index is 0.329. The second-order valence-corrected chi connectivity index (χ2v) is 0.959. The van der Waals surface area contributed by atoms with Crippen molar-refractivity contribution < 1.29 is 14.6 Å². The summed E-state index contributed by atoms with van der Waals surface area (Å²) in [5, 5.41) is 7.33. The van der Waals surface area contributed by atoms with Gasteiger partial charge in [-0.3, -0.25) is 4.79 Å². The normalized spacial score (nSPS) is 5.36. The number of esters is 1. The van der Waals surface area contributed by atoms with Gasteiger partial charge in [-0.05, 0) is 0 Å². The van der Waals surface area contributed by atoms with Crippen molar-refractivity contribution in [3.05, 3.63) is 25.7 Å². The van der Waals surface area contributed by atoms with Crippen LogP contribution in [0.4, 0.5) is 0 Å². The number of carbonyl (C=O) groups is 1. The molecule has 0 aliphatic heterocycles. The quantitative estimate of drug-likeness (QED) is 0.473. The molecule has 0 rings (SSSR count). The second-order valence-electron chi connectivity index (χ2n) is 0.959. The fraction of sp³-hybridized carbons (Fsp3) is 0.375. The highest BCUT2D eigenvalue weighted by atomic mass is 16.5. The molecule has 0 aromatic heterocycles. The fourth-order valence-electron chi connectivity index (χ4n) is 0.117. The van der Waals surface area contributed by atoms with Crippen molar-refractivity contribution in [2.75, 3.05) is 0 Å². The van der Waals surface area contributed by atoms with Crippen LogP contribution in [0.3, 0.4) is 0 Å². The Balaban J connectivity index is -0.000000109. The molecule has 0 aliphatic carbocycles. The molecule has 0 radical (unpaired) electrons. The third-order valence-electron chi connectivity index (χ3n) is 0.249. The molecule has 0 aromatic carbocycles. The van der Waals surface area contributed by atoms with E-state index in [-0.39, 0.29) is 5.97 Å². The lowest BCUT2D eigenvalue weighted by molar-refractivity contribution is -0.135. The molecule has 0 heterocycles. The maximum Gasteiger partial charge on any atom is 0.307 e. The summed E-state index contributed by atoms with van der Waals surface area (Å²) < 4.78 is 4.17. The topological polar surface area (TPSA) is 46.5 Å². The van der Waals surface area contributed by atoms with Crippen LogP contribution in [0.15, 0.2) is 25.7 Å². The smallest absolute Gasteiger partial charge is 0.307 e. The predicted molar refractivity (Wildman–Crippen MR) is 46.1 cm³/mol. The molecule has 11 heavy (non-hydrogen) atoms. The Morgan fingerprint density at radius 1 is 1.45 bits per heavy atom. The molecule has 0 fully saturated rings. The Morgan fingerprint density at radius 3 is 1.73 bits per heavy atom. The Labute approximate surface area is 68.0 Å². The molecule has 0 atom stereocenters. The molecule has 3 heteroatoms. The molecular weight excluding hydrogens is 144 g/mol. The van der Waals surface area contributed by atoms with E-state index in [0.29, 0.717) is 0 Å². The van der Waals surface area contributed by atoms with E-state index in [1.807, 2.05) is 13.8 Å². The zero-order valence-corrected chi connectivity index (χ0v) is 7.33. The van der Waals surface area contributed by atoms with Crippen LogP contribution in [0.2, 0.25) is 0 Å². The summed E-state index contributed by atoms with van der Waals surface area (Å²) in [5.41, 5.74) is 0. The third kappa shape index (κ3) is 130. The second kappa shape index (κ2) is 23.3.